The van der Waals surface area contributed by atoms with Gasteiger partial charge in [0.05, 0.1) is 17.0 Å². The van der Waals surface area contributed by atoms with Crippen LogP contribution in [0, 0.1) is 5.92 Å². The molecule has 8 heteroatoms. The van der Waals surface area contributed by atoms with E-state index < -0.39 is 15.8 Å². The molecule has 1 aliphatic rings. The standard InChI is InChI=1S/C17H16N2O5S/c20-17-19-14-6-5-13(8-16(14)24-17)25(21,22)18-9-11-7-12-3-1-2-4-15(12)23-10-11/h1-6,8,11,18H,7,9-10H2,(H,19,20)/t11-/m0/s1. The number of nitrogens with one attached hydrogen (secondary N) is 2. The molecule has 0 unspecified atom stereocenters. The third-order valence-corrected chi connectivity index (χ3v) is 5.64. The smallest absolute Gasteiger partial charge is 0.417 e. The lowest BCUT2D eigenvalue weighted by Crippen LogP contribution is -2.34. The normalized spacial score (nSPS) is 17.2. The Bertz CT molecular complexity index is 1080. The summed E-state index contributed by atoms with van der Waals surface area (Å²) in [5.41, 5.74) is 1.75. The number of aromatic nitrogens is 1. The molecule has 1 aliphatic heterocycles. The molecule has 4 rings (SSSR count). The van der Waals surface area contributed by atoms with Crippen molar-refractivity contribution >= 4 is 21.1 Å². The number of fused-ring (bicyclic) bond motifs is 2. The van der Waals surface area contributed by atoms with Gasteiger partial charge in [-0.15, -0.1) is 0 Å². The molecule has 0 fully saturated rings. The van der Waals surface area contributed by atoms with Gasteiger partial charge in [-0.3, -0.25) is 4.98 Å². The Morgan fingerprint density at radius 3 is 2.92 bits per heavy atom. The lowest BCUT2D eigenvalue weighted by atomic mass is 9.97. The number of para-hydroxylation sites is 1. The third-order valence-electron chi connectivity index (χ3n) is 4.22. The molecule has 2 heterocycles. The van der Waals surface area contributed by atoms with Gasteiger partial charge in [0.2, 0.25) is 10.0 Å². The summed E-state index contributed by atoms with van der Waals surface area (Å²) < 4.78 is 38.2. The van der Waals surface area contributed by atoms with E-state index in [9.17, 15) is 13.2 Å². The van der Waals surface area contributed by atoms with Crippen molar-refractivity contribution in [3.8, 4) is 5.75 Å². The van der Waals surface area contributed by atoms with Crippen molar-refractivity contribution < 1.29 is 17.6 Å². The summed E-state index contributed by atoms with van der Waals surface area (Å²) in [5, 5.41) is 0. The number of aromatic amines is 1. The number of hydrogen-bond donors (Lipinski definition) is 2. The predicted molar refractivity (Wildman–Crippen MR) is 91.2 cm³/mol. The molecule has 0 amide bonds. The van der Waals surface area contributed by atoms with Gasteiger partial charge in [0, 0.05) is 18.5 Å². The van der Waals surface area contributed by atoms with Gasteiger partial charge >= 0.3 is 5.76 Å². The lowest BCUT2D eigenvalue weighted by Gasteiger charge is -2.25. The number of rotatable bonds is 4. The highest BCUT2D eigenvalue weighted by molar-refractivity contribution is 7.89. The minimum atomic E-state index is -3.70. The first-order chi connectivity index (χ1) is 12.0. The molecule has 0 radical (unpaired) electrons. The largest absolute Gasteiger partial charge is 0.493 e. The first-order valence-corrected chi connectivity index (χ1v) is 9.33. The van der Waals surface area contributed by atoms with E-state index in [4.69, 9.17) is 9.15 Å². The zero-order chi connectivity index (χ0) is 17.4. The summed E-state index contributed by atoms with van der Waals surface area (Å²) >= 11 is 0. The zero-order valence-electron chi connectivity index (χ0n) is 13.2. The summed E-state index contributed by atoms with van der Waals surface area (Å²) in [6.07, 6.45) is 0.754. The molecule has 130 valence electrons. The number of oxazole rings is 1. The minimum absolute atomic E-state index is 0.0543. The van der Waals surface area contributed by atoms with E-state index in [2.05, 4.69) is 9.71 Å². The topological polar surface area (TPSA) is 101 Å². The Hall–Kier alpha value is -2.58. The summed E-state index contributed by atoms with van der Waals surface area (Å²) in [6, 6.07) is 12.0. The minimum Gasteiger partial charge on any atom is -0.493 e. The van der Waals surface area contributed by atoms with E-state index in [1.807, 2.05) is 24.3 Å². The van der Waals surface area contributed by atoms with E-state index in [0.29, 0.717) is 12.1 Å². The first kappa shape index (κ1) is 15.9. The maximum atomic E-state index is 12.5. The van der Waals surface area contributed by atoms with Crippen LogP contribution < -0.4 is 15.2 Å². The van der Waals surface area contributed by atoms with Gasteiger partial charge < -0.3 is 9.15 Å². The fraction of sp³-hybridized carbons (Fsp3) is 0.235. The van der Waals surface area contributed by atoms with Crippen molar-refractivity contribution in [2.75, 3.05) is 13.2 Å². The number of H-pyrrole nitrogens is 1. The van der Waals surface area contributed by atoms with Crippen LogP contribution >= 0.6 is 0 Å². The molecule has 0 saturated carbocycles. The molecule has 2 aromatic carbocycles. The molecule has 0 bridgehead atoms. The SMILES string of the molecule is O=c1[nH]c2ccc(S(=O)(=O)NC[C@H]3COc4ccccc4C3)cc2o1. The van der Waals surface area contributed by atoms with Gasteiger partial charge in [0.25, 0.3) is 0 Å². The Morgan fingerprint density at radius 1 is 1.20 bits per heavy atom. The molecular formula is C17H16N2O5S. The molecule has 7 nitrogen and oxygen atoms in total. The van der Waals surface area contributed by atoms with E-state index in [1.54, 1.807) is 0 Å². The van der Waals surface area contributed by atoms with E-state index in [0.717, 1.165) is 17.7 Å². The number of hydrogen-bond acceptors (Lipinski definition) is 5. The van der Waals surface area contributed by atoms with Crippen LogP contribution in [0.2, 0.25) is 0 Å². The Balaban J connectivity index is 1.48. The summed E-state index contributed by atoms with van der Waals surface area (Å²) in [5.74, 6) is 0.295. The average Bonchev–Trinajstić information content (AvgIpc) is 2.99. The second-order valence-electron chi connectivity index (χ2n) is 6.01. The van der Waals surface area contributed by atoms with Gasteiger partial charge in [-0.2, -0.15) is 0 Å². The molecule has 0 aliphatic carbocycles. The van der Waals surface area contributed by atoms with E-state index in [1.165, 1.54) is 18.2 Å². The van der Waals surface area contributed by atoms with Crippen molar-refractivity contribution in [3.05, 3.63) is 58.6 Å². The number of sulfonamides is 1. The highest BCUT2D eigenvalue weighted by Gasteiger charge is 2.22. The number of benzene rings is 2. The molecular weight excluding hydrogens is 344 g/mol. The highest BCUT2D eigenvalue weighted by atomic mass is 32.2. The number of ether oxygens (including phenoxy) is 1. The van der Waals surface area contributed by atoms with Gasteiger partial charge in [-0.05, 0) is 30.2 Å². The van der Waals surface area contributed by atoms with Crippen molar-refractivity contribution in [3.63, 3.8) is 0 Å². The molecule has 1 aromatic heterocycles. The van der Waals surface area contributed by atoms with Crippen LogP contribution in [0.4, 0.5) is 0 Å². The maximum Gasteiger partial charge on any atom is 0.417 e. The fourth-order valence-corrected chi connectivity index (χ4v) is 4.06. The third kappa shape index (κ3) is 3.18. The molecule has 2 N–H and O–H groups in total. The van der Waals surface area contributed by atoms with E-state index in [-0.39, 0.29) is 22.9 Å². The molecule has 1 atom stereocenters. The van der Waals surface area contributed by atoms with Crippen LogP contribution in [-0.2, 0) is 16.4 Å². The van der Waals surface area contributed by atoms with Crippen LogP contribution in [0.25, 0.3) is 11.1 Å². The summed E-state index contributed by atoms with van der Waals surface area (Å²) in [6.45, 7) is 0.733. The molecule has 0 saturated heterocycles. The Labute approximate surface area is 143 Å². The predicted octanol–water partition coefficient (Wildman–Crippen LogP) is 1.65. The van der Waals surface area contributed by atoms with Gasteiger partial charge in [0.1, 0.15) is 5.75 Å². The monoisotopic (exact) mass is 360 g/mol. The second kappa shape index (κ2) is 6.05. The van der Waals surface area contributed by atoms with Crippen molar-refractivity contribution in [1.82, 2.24) is 9.71 Å². The fourth-order valence-electron chi connectivity index (χ4n) is 2.93. The van der Waals surface area contributed by atoms with Crippen LogP contribution in [0.15, 0.2) is 56.6 Å². The maximum absolute atomic E-state index is 12.5. The molecule has 3 aromatic rings. The zero-order valence-corrected chi connectivity index (χ0v) is 14.0. The van der Waals surface area contributed by atoms with Crippen molar-refractivity contribution in [2.45, 2.75) is 11.3 Å². The summed E-state index contributed by atoms with van der Waals surface area (Å²) in [7, 11) is -3.70. The quantitative estimate of drug-likeness (QED) is 0.737. The van der Waals surface area contributed by atoms with Crippen LogP contribution in [0.5, 0.6) is 5.75 Å². The van der Waals surface area contributed by atoms with Gasteiger partial charge in [-0.25, -0.2) is 17.9 Å². The van der Waals surface area contributed by atoms with Crippen molar-refractivity contribution in [1.29, 1.82) is 0 Å². The Morgan fingerprint density at radius 2 is 2.04 bits per heavy atom. The average molecular weight is 360 g/mol. The highest BCUT2D eigenvalue weighted by Crippen LogP contribution is 2.26. The Kier molecular flexibility index (Phi) is 3.85. The molecule has 25 heavy (non-hydrogen) atoms. The second-order valence-corrected chi connectivity index (χ2v) is 7.78. The van der Waals surface area contributed by atoms with Crippen molar-refractivity contribution in [2.24, 2.45) is 5.92 Å². The van der Waals surface area contributed by atoms with Crippen LogP contribution in [0.3, 0.4) is 0 Å². The van der Waals surface area contributed by atoms with Crippen LogP contribution in [-0.4, -0.2) is 26.6 Å². The molecule has 0 spiro atoms. The van der Waals surface area contributed by atoms with E-state index >= 15 is 0 Å². The lowest BCUT2D eigenvalue weighted by molar-refractivity contribution is 0.223. The van der Waals surface area contributed by atoms with Crippen LogP contribution in [0.1, 0.15) is 5.56 Å². The first-order valence-electron chi connectivity index (χ1n) is 7.84. The van der Waals surface area contributed by atoms with Gasteiger partial charge in [-0.1, -0.05) is 18.2 Å². The summed E-state index contributed by atoms with van der Waals surface area (Å²) in [4.78, 5) is 13.7. The van der Waals surface area contributed by atoms with Gasteiger partial charge in [0.15, 0.2) is 5.58 Å².